The molecule has 0 bridgehead atoms. The first-order valence-electron chi connectivity index (χ1n) is 5.33. The van der Waals surface area contributed by atoms with Crippen molar-refractivity contribution >= 4 is 11.9 Å². The molecule has 0 spiro atoms. The molecule has 1 aliphatic rings. The summed E-state index contributed by atoms with van der Waals surface area (Å²) in [5.41, 5.74) is -0.503. The van der Waals surface area contributed by atoms with Crippen LogP contribution >= 0.6 is 0 Å². The molecule has 1 aliphatic heterocycles. The zero-order valence-electron chi connectivity index (χ0n) is 9.87. The van der Waals surface area contributed by atoms with Crippen molar-refractivity contribution in [3.8, 4) is 0 Å². The highest BCUT2D eigenvalue weighted by atomic mass is 16.6. The Morgan fingerprint density at radius 1 is 1.47 bits per heavy atom. The van der Waals surface area contributed by atoms with Gasteiger partial charge in [0.05, 0.1) is 6.04 Å². The minimum absolute atomic E-state index is 0.118. The number of ether oxygens (including phenoxy) is 1. The largest absolute Gasteiger partial charge is 0.444 e. The van der Waals surface area contributed by atoms with Crippen LogP contribution in [0, 0.1) is 0 Å². The summed E-state index contributed by atoms with van der Waals surface area (Å²) in [7, 11) is 0. The maximum atomic E-state index is 11.7. The number of hydrogen-bond acceptors (Lipinski definition) is 3. The van der Waals surface area contributed by atoms with Gasteiger partial charge in [-0.25, -0.2) is 4.79 Å². The molecule has 0 aromatic carbocycles. The predicted octanol–water partition coefficient (Wildman–Crippen LogP) is 1.97. The molecule has 0 aromatic heterocycles. The average Bonchev–Trinajstić information content (AvgIpc) is 2.06. The fraction of sp³-hybridized carbons (Fsp3) is 0.818. The Kier molecular flexibility index (Phi) is 3.37. The van der Waals surface area contributed by atoms with Crippen molar-refractivity contribution in [2.75, 3.05) is 6.54 Å². The molecular formula is C11H19NO3. The highest BCUT2D eigenvalue weighted by Gasteiger charge is 2.32. The van der Waals surface area contributed by atoms with Crippen LogP contribution < -0.4 is 0 Å². The zero-order valence-corrected chi connectivity index (χ0v) is 9.87. The molecule has 86 valence electrons. The first-order valence-corrected chi connectivity index (χ1v) is 5.33. The number of piperidine rings is 1. The van der Waals surface area contributed by atoms with Gasteiger partial charge in [-0.2, -0.15) is 0 Å². The van der Waals surface area contributed by atoms with Gasteiger partial charge in [0.25, 0.3) is 0 Å². The molecule has 4 heteroatoms. The standard InChI is InChI=1S/C11H19NO3/c1-8-9(13)6-5-7-12(8)10(14)15-11(2,3)4/h8H,5-7H2,1-4H3/t8-/m0/s1. The topological polar surface area (TPSA) is 46.6 Å². The molecule has 1 heterocycles. The first-order chi connectivity index (χ1) is 6.81. The van der Waals surface area contributed by atoms with E-state index in [1.165, 1.54) is 4.90 Å². The number of ketones is 1. The highest BCUT2D eigenvalue weighted by Crippen LogP contribution is 2.17. The average molecular weight is 213 g/mol. The molecule has 0 unspecified atom stereocenters. The maximum Gasteiger partial charge on any atom is 0.410 e. The number of carbonyl (C=O) groups is 2. The van der Waals surface area contributed by atoms with Gasteiger partial charge in [0.1, 0.15) is 5.60 Å². The van der Waals surface area contributed by atoms with E-state index in [4.69, 9.17) is 4.74 Å². The summed E-state index contributed by atoms with van der Waals surface area (Å²) in [6.07, 6.45) is 0.922. The summed E-state index contributed by atoms with van der Waals surface area (Å²) < 4.78 is 5.23. The summed E-state index contributed by atoms with van der Waals surface area (Å²) in [4.78, 5) is 24.7. The van der Waals surface area contributed by atoms with Crippen LogP contribution in [0.1, 0.15) is 40.5 Å². The molecule has 0 saturated carbocycles. The lowest BCUT2D eigenvalue weighted by Crippen LogP contribution is -2.49. The van der Waals surface area contributed by atoms with Gasteiger partial charge in [0.15, 0.2) is 5.78 Å². The van der Waals surface area contributed by atoms with Crippen molar-refractivity contribution in [2.45, 2.75) is 52.2 Å². The quantitative estimate of drug-likeness (QED) is 0.618. The number of carbonyl (C=O) groups excluding carboxylic acids is 2. The lowest BCUT2D eigenvalue weighted by molar-refractivity contribution is -0.126. The smallest absolute Gasteiger partial charge is 0.410 e. The summed E-state index contributed by atoms with van der Waals surface area (Å²) >= 11 is 0. The van der Waals surface area contributed by atoms with Crippen LogP contribution in [0.3, 0.4) is 0 Å². The minimum atomic E-state index is -0.503. The number of nitrogens with zero attached hydrogens (tertiary/aromatic N) is 1. The number of amides is 1. The van der Waals surface area contributed by atoms with Gasteiger partial charge >= 0.3 is 6.09 Å². The van der Waals surface area contributed by atoms with Crippen LogP contribution in [-0.2, 0) is 9.53 Å². The fourth-order valence-corrected chi connectivity index (χ4v) is 1.57. The Morgan fingerprint density at radius 2 is 2.07 bits per heavy atom. The predicted molar refractivity (Wildman–Crippen MR) is 56.6 cm³/mol. The van der Waals surface area contributed by atoms with E-state index in [1.807, 2.05) is 20.8 Å². The number of rotatable bonds is 0. The molecule has 1 amide bonds. The maximum absolute atomic E-state index is 11.7. The van der Waals surface area contributed by atoms with Crippen LogP contribution in [0.5, 0.6) is 0 Å². The van der Waals surface area contributed by atoms with Gasteiger partial charge in [0, 0.05) is 13.0 Å². The third-order valence-electron chi connectivity index (χ3n) is 2.38. The van der Waals surface area contributed by atoms with Gasteiger partial charge < -0.3 is 4.74 Å². The Morgan fingerprint density at radius 3 is 2.60 bits per heavy atom. The van der Waals surface area contributed by atoms with Crippen LogP contribution in [0.15, 0.2) is 0 Å². The third kappa shape index (κ3) is 3.22. The van der Waals surface area contributed by atoms with Crippen molar-refractivity contribution in [2.24, 2.45) is 0 Å². The Hall–Kier alpha value is -1.06. The normalized spacial score (nSPS) is 22.8. The van der Waals surface area contributed by atoms with Crippen LogP contribution in [-0.4, -0.2) is 35.0 Å². The highest BCUT2D eigenvalue weighted by molar-refractivity contribution is 5.88. The van der Waals surface area contributed by atoms with E-state index in [1.54, 1.807) is 6.92 Å². The van der Waals surface area contributed by atoms with E-state index < -0.39 is 5.60 Å². The van der Waals surface area contributed by atoms with Crippen molar-refractivity contribution < 1.29 is 14.3 Å². The van der Waals surface area contributed by atoms with E-state index in [0.717, 1.165) is 6.42 Å². The molecule has 1 atom stereocenters. The molecule has 4 nitrogen and oxygen atoms in total. The van der Waals surface area contributed by atoms with Crippen LogP contribution in [0.2, 0.25) is 0 Å². The second-order valence-corrected chi connectivity index (χ2v) is 4.92. The molecule has 1 rings (SSSR count). The molecule has 0 radical (unpaired) electrons. The van der Waals surface area contributed by atoms with Crippen LogP contribution in [0.4, 0.5) is 4.79 Å². The lowest BCUT2D eigenvalue weighted by atomic mass is 10.0. The number of Topliss-reactive ketones (excluding diaryl/α,β-unsaturated/α-hetero) is 1. The molecular weight excluding hydrogens is 194 g/mol. The molecule has 0 N–H and O–H groups in total. The van der Waals surface area contributed by atoms with Gasteiger partial charge in [0.2, 0.25) is 0 Å². The molecule has 0 aromatic rings. The van der Waals surface area contributed by atoms with Crippen LogP contribution in [0.25, 0.3) is 0 Å². The number of likely N-dealkylation sites (tertiary alicyclic amines) is 1. The van der Waals surface area contributed by atoms with Crippen molar-refractivity contribution in [1.29, 1.82) is 0 Å². The molecule has 1 fully saturated rings. The van der Waals surface area contributed by atoms with E-state index in [2.05, 4.69) is 0 Å². The van der Waals surface area contributed by atoms with Gasteiger partial charge in [-0.3, -0.25) is 9.69 Å². The van der Waals surface area contributed by atoms with Crippen molar-refractivity contribution in [3.63, 3.8) is 0 Å². The van der Waals surface area contributed by atoms with Gasteiger partial charge in [-0.15, -0.1) is 0 Å². The lowest BCUT2D eigenvalue weighted by Gasteiger charge is -2.33. The Balaban J connectivity index is 2.63. The first kappa shape index (κ1) is 12.0. The van der Waals surface area contributed by atoms with Crippen molar-refractivity contribution in [1.82, 2.24) is 4.90 Å². The van der Waals surface area contributed by atoms with E-state index in [-0.39, 0.29) is 17.9 Å². The Bertz CT molecular complexity index is 267. The summed E-state index contributed by atoms with van der Waals surface area (Å²) in [5, 5.41) is 0. The third-order valence-corrected chi connectivity index (χ3v) is 2.38. The number of hydrogen-bond donors (Lipinski definition) is 0. The summed E-state index contributed by atoms with van der Waals surface area (Å²) in [6.45, 7) is 7.83. The van der Waals surface area contributed by atoms with Gasteiger partial charge in [-0.05, 0) is 34.1 Å². The van der Waals surface area contributed by atoms with E-state index >= 15 is 0 Å². The minimum Gasteiger partial charge on any atom is -0.444 e. The summed E-state index contributed by atoms with van der Waals surface area (Å²) in [6, 6.07) is -0.339. The fourth-order valence-electron chi connectivity index (χ4n) is 1.57. The van der Waals surface area contributed by atoms with E-state index in [0.29, 0.717) is 13.0 Å². The zero-order chi connectivity index (χ0) is 11.6. The van der Waals surface area contributed by atoms with Crippen molar-refractivity contribution in [3.05, 3.63) is 0 Å². The monoisotopic (exact) mass is 213 g/mol. The molecule has 0 aliphatic carbocycles. The Labute approximate surface area is 90.6 Å². The molecule has 15 heavy (non-hydrogen) atoms. The second kappa shape index (κ2) is 4.21. The van der Waals surface area contributed by atoms with E-state index in [9.17, 15) is 9.59 Å². The SMILES string of the molecule is C[C@H]1C(=O)CCCN1C(=O)OC(C)(C)C. The molecule has 1 saturated heterocycles. The second-order valence-electron chi connectivity index (χ2n) is 4.92. The van der Waals surface area contributed by atoms with Gasteiger partial charge in [-0.1, -0.05) is 0 Å². The summed E-state index contributed by atoms with van der Waals surface area (Å²) in [5.74, 6) is 0.118.